The molecular weight excluding hydrogens is 248 g/mol. The maximum atomic E-state index is 11.7. The highest BCUT2D eigenvalue weighted by atomic mass is 35.5. The lowest BCUT2D eigenvalue weighted by molar-refractivity contribution is -0.122. The van der Waals surface area contributed by atoms with E-state index in [1.165, 1.54) is 0 Å². The first-order valence-electron chi connectivity index (χ1n) is 6.37. The molecule has 0 bridgehead atoms. The Labute approximate surface area is 113 Å². The molecule has 1 fully saturated rings. The van der Waals surface area contributed by atoms with Crippen LogP contribution in [0.4, 0.5) is 0 Å². The number of hydrogen-bond acceptors (Lipinski definition) is 2. The SMILES string of the molecule is NC1(CC(=O)NCCc2cccc(Cl)c2)CCC1. The molecule has 3 N–H and O–H groups in total. The Morgan fingerprint density at radius 3 is 2.83 bits per heavy atom. The van der Waals surface area contributed by atoms with E-state index in [2.05, 4.69) is 5.32 Å². The number of benzene rings is 1. The van der Waals surface area contributed by atoms with Gasteiger partial charge in [-0.3, -0.25) is 4.79 Å². The van der Waals surface area contributed by atoms with Gasteiger partial charge >= 0.3 is 0 Å². The first-order valence-corrected chi connectivity index (χ1v) is 6.75. The number of hydrogen-bond donors (Lipinski definition) is 2. The van der Waals surface area contributed by atoms with Crippen LogP contribution in [0.3, 0.4) is 0 Å². The van der Waals surface area contributed by atoms with E-state index in [0.717, 1.165) is 36.3 Å². The number of nitrogens with two attached hydrogens (primary N) is 1. The van der Waals surface area contributed by atoms with Crippen molar-refractivity contribution in [1.82, 2.24) is 5.32 Å². The molecule has 2 rings (SSSR count). The Kier molecular flexibility index (Phi) is 4.25. The third-order valence-electron chi connectivity index (χ3n) is 3.49. The molecule has 0 unspecified atom stereocenters. The number of rotatable bonds is 5. The topological polar surface area (TPSA) is 55.1 Å². The van der Waals surface area contributed by atoms with Gasteiger partial charge in [0.2, 0.25) is 5.91 Å². The Balaban J connectivity index is 1.70. The molecule has 1 aromatic rings. The number of nitrogens with one attached hydrogen (secondary N) is 1. The number of amides is 1. The van der Waals surface area contributed by atoms with Gasteiger partial charge in [-0.1, -0.05) is 23.7 Å². The molecule has 0 aliphatic heterocycles. The van der Waals surface area contributed by atoms with Gasteiger partial charge in [-0.15, -0.1) is 0 Å². The molecular formula is C14H19ClN2O. The Bertz CT molecular complexity index is 430. The van der Waals surface area contributed by atoms with Crippen LogP contribution in [-0.4, -0.2) is 18.0 Å². The fourth-order valence-corrected chi connectivity index (χ4v) is 2.44. The van der Waals surface area contributed by atoms with Crippen LogP contribution in [0.5, 0.6) is 0 Å². The van der Waals surface area contributed by atoms with Crippen molar-refractivity contribution in [3.8, 4) is 0 Å². The Hall–Kier alpha value is -1.06. The lowest BCUT2D eigenvalue weighted by Gasteiger charge is -2.37. The summed E-state index contributed by atoms with van der Waals surface area (Å²) in [6.07, 6.45) is 4.32. The molecule has 1 aliphatic carbocycles. The largest absolute Gasteiger partial charge is 0.356 e. The molecule has 1 saturated carbocycles. The first kappa shape index (κ1) is 13.4. The smallest absolute Gasteiger partial charge is 0.221 e. The van der Waals surface area contributed by atoms with Gasteiger partial charge in [-0.2, -0.15) is 0 Å². The summed E-state index contributed by atoms with van der Waals surface area (Å²) in [6, 6.07) is 7.69. The summed E-state index contributed by atoms with van der Waals surface area (Å²) in [5.74, 6) is 0.0548. The first-order chi connectivity index (χ1) is 8.57. The van der Waals surface area contributed by atoms with Crippen LogP contribution in [-0.2, 0) is 11.2 Å². The second-order valence-corrected chi connectivity index (χ2v) is 5.56. The average molecular weight is 267 g/mol. The number of carbonyl (C=O) groups excluding carboxylic acids is 1. The van der Waals surface area contributed by atoms with E-state index in [-0.39, 0.29) is 11.4 Å². The van der Waals surface area contributed by atoms with Gasteiger partial charge in [0.05, 0.1) is 0 Å². The zero-order valence-corrected chi connectivity index (χ0v) is 11.2. The molecule has 18 heavy (non-hydrogen) atoms. The van der Waals surface area contributed by atoms with Crippen LogP contribution in [0, 0.1) is 0 Å². The highest BCUT2D eigenvalue weighted by Gasteiger charge is 2.34. The van der Waals surface area contributed by atoms with Gasteiger partial charge in [0, 0.05) is 23.5 Å². The molecule has 1 aliphatic rings. The summed E-state index contributed by atoms with van der Waals surface area (Å²) in [4.78, 5) is 11.7. The highest BCUT2D eigenvalue weighted by molar-refractivity contribution is 6.30. The van der Waals surface area contributed by atoms with Crippen LogP contribution in [0.1, 0.15) is 31.2 Å². The maximum Gasteiger partial charge on any atom is 0.221 e. The minimum Gasteiger partial charge on any atom is -0.356 e. The molecule has 0 radical (unpaired) electrons. The van der Waals surface area contributed by atoms with Gasteiger partial charge in [-0.05, 0) is 43.4 Å². The minimum atomic E-state index is -0.236. The van der Waals surface area contributed by atoms with Crippen molar-refractivity contribution in [1.29, 1.82) is 0 Å². The summed E-state index contributed by atoms with van der Waals surface area (Å²) >= 11 is 5.90. The van der Waals surface area contributed by atoms with Crippen LogP contribution in [0.15, 0.2) is 24.3 Å². The molecule has 4 heteroatoms. The molecule has 1 amide bonds. The van der Waals surface area contributed by atoms with Crippen molar-refractivity contribution in [2.45, 2.75) is 37.6 Å². The number of carbonyl (C=O) groups is 1. The second-order valence-electron chi connectivity index (χ2n) is 5.12. The third kappa shape index (κ3) is 3.72. The summed E-state index contributed by atoms with van der Waals surface area (Å²) in [5.41, 5.74) is 6.93. The third-order valence-corrected chi connectivity index (χ3v) is 3.72. The van der Waals surface area contributed by atoms with Crippen LogP contribution >= 0.6 is 11.6 Å². The average Bonchev–Trinajstić information content (AvgIpc) is 2.27. The van der Waals surface area contributed by atoms with E-state index < -0.39 is 0 Å². The summed E-state index contributed by atoms with van der Waals surface area (Å²) in [7, 11) is 0. The van der Waals surface area contributed by atoms with Crippen LogP contribution in [0.2, 0.25) is 5.02 Å². The number of halogens is 1. The quantitative estimate of drug-likeness (QED) is 0.859. The Morgan fingerprint density at radius 2 is 2.22 bits per heavy atom. The van der Waals surface area contributed by atoms with Crippen molar-refractivity contribution in [2.75, 3.05) is 6.54 Å². The molecule has 0 saturated heterocycles. The minimum absolute atomic E-state index is 0.0548. The van der Waals surface area contributed by atoms with E-state index in [4.69, 9.17) is 17.3 Å². The molecule has 0 aromatic heterocycles. The lowest BCUT2D eigenvalue weighted by Crippen LogP contribution is -2.50. The predicted molar refractivity (Wildman–Crippen MR) is 73.6 cm³/mol. The zero-order chi connectivity index (χ0) is 13.0. The summed E-state index contributed by atoms with van der Waals surface area (Å²) in [6.45, 7) is 0.634. The van der Waals surface area contributed by atoms with Crippen molar-refractivity contribution in [3.63, 3.8) is 0 Å². The van der Waals surface area contributed by atoms with Crippen LogP contribution < -0.4 is 11.1 Å². The van der Waals surface area contributed by atoms with Gasteiger partial charge < -0.3 is 11.1 Å². The molecule has 3 nitrogen and oxygen atoms in total. The summed E-state index contributed by atoms with van der Waals surface area (Å²) < 4.78 is 0. The van der Waals surface area contributed by atoms with Crippen molar-refractivity contribution in [2.24, 2.45) is 5.73 Å². The molecule has 0 heterocycles. The van der Waals surface area contributed by atoms with Gasteiger partial charge in [-0.25, -0.2) is 0 Å². The van der Waals surface area contributed by atoms with E-state index >= 15 is 0 Å². The molecule has 1 aromatic carbocycles. The standard InChI is InChI=1S/C14H19ClN2O/c15-12-4-1-3-11(9-12)5-8-17-13(18)10-14(16)6-2-7-14/h1,3-4,9H,2,5-8,10,16H2,(H,17,18). The van der Waals surface area contributed by atoms with Crippen molar-refractivity contribution >= 4 is 17.5 Å². The zero-order valence-electron chi connectivity index (χ0n) is 10.4. The molecule has 0 atom stereocenters. The normalized spacial score (nSPS) is 17.0. The van der Waals surface area contributed by atoms with Gasteiger partial charge in [0.25, 0.3) is 0 Å². The van der Waals surface area contributed by atoms with Gasteiger partial charge in [0.1, 0.15) is 0 Å². The monoisotopic (exact) mass is 266 g/mol. The second kappa shape index (κ2) is 5.72. The molecule has 98 valence electrons. The summed E-state index contributed by atoms with van der Waals surface area (Å²) in [5, 5.41) is 3.64. The predicted octanol–water partition coefficient (Wildman–Crippen LogP) is 2.27. The maximum absolute atomic E-state index is 11.7. The molecule has 0 spiro atoms. The van der Waals surface area contributed by atoms with E-state index in [9.17, 15) is 4.79 Å². The van der Waals surface area contributed by atoms with Crippen LogP contribution in [0.25, 0.3) is 0 Å². The van der Waals surface area contributed by atoms with Crippen molar-refractivity contribution < 1.29 is 4.79 Å². The van der Waals surface area contributed by atoms with E-state index in [0.29, 0.717) is 13.0 Å². The Morgan fingerprint density at radius 1 is 1.44 bits per heavy atom. The lowest BCUT2D eigenvalue weighted by atomic mass is 9.75. The van der Waals surface area contributed by atoms with E-state index in [1.807, 2.05) is 24.3 Å². The fourth-order valence-electron chi connectivity index (χ4n) is 2.23. The van der Waals surface area contributed by atoms with Crippen molar-refractivity contribution in [3.05, 3.63) is 34.9 Å². The highest BCUT2D eigenvalue weighted by Crippen LogP contribution is 2.31. The fraction of sp³-hybridized carbons (Fsp3) is 0.500. The van der Waals surface area contributed by atoms with E-state index in [1.54, 1.807) is 0 Å². The van der Waals surface area contributed by atoms with Gasteiger partial charge in [0.15, 0.2) is 0 Å².